The molecule has 20 heavy (non-hydrogen) atoms. The van der Waals surface area contributed by atoms with Crippen molar-refractivity contribution >= 4 is 29.4 Å². The third kappa shape index (κ3) is 4.41. The summed E-state index contributed by atoms with van der Waals surface area (Å²) in [5.74, 6) is 3.04. The summed E-state index contributed by atoms with van der Waals surface area (Å²) in [5.41, 5.74) is 0. The predicted octanol–water partition coefficient (Wildman–Crippen LogP) is 2.53. The van der Waals surface area contributed by atoms with Gasteiger partial charge in [-0.05, 0) is 24.5 Å². The highest BCUT2D eigenvalue weighted by Crippen LogP contribution is 2.23. The average Bonchev–Trinajstić information content (AvgIpc) is 2.83. The number of carbonyl (C=O) groups is 1. The molecule has 2 unspecified atom stereocenters. The van der Waals surface area contributed by atoms with Crippen LogP contribution in [-0.4, -0.2) is 46.1 Å². The summed E-state index contributed by atoms with van der Waals surface area (Å²) >= 11 is 2.97. The van der Waals surface area contributed by atoms with Crippen molar-refractivity contribution in [2.45, 2.75) is 31.2 Å². The SMILES string of the molecule is CSCc1nnc(SCC(=O)N2CC(C)CC(C)C2)o1. The lowest BCUT2D eigenvalue weighted by atomic mass is 9.92. The van der Waals surface area contributed by atoms with Crippen LogP contribution in [-0.2, 0) is 10.5 Å². The Kier molecular flexibility index (Phi) is 5.77. The molecule has 1 aliphatic heterocycles. The third-order valence-electron chi connectivity index (χ3n) is 3.26. The van der Waals surface area contributed by atoms with Gasteiger partial charge in [0.2, 0.25) is 11.8 Å². The first-order valence-electron chi connectivity index (χ1n) is 6.80. The molecule has 2 atom stereocenters. The molecule has 1 saturated heterocycles. The first kappa shape index (κ1) is 15.7. The number of rotatable bonds is 5. The smallest absolute Gasteiger partial charge is 0.277 e. The highest BCUT2D eigenvalue weighted by atomic mass is 32.2. The minimum Gasteiger partial charge on any atom is -0.415 e. The number of piperidine rings is 1. The van der Waals surface area contributed by atoms with Gasteiger partial charge < -0.3 is 9.32 Å². The van der Waals surface area contributed by atoms with E-state index in [9.17, 15) is 4.79 Å². The number of aromatic nitrogens is 2. The minimum absolute atomic E-state index is 0.165. The normalized spacial score (nSPS) is 23.1. The quantitative estimate of drug-likeness (QED) is 0.778. The van der Waals surface area contributed by atoms with E-state index < -0.39 is 0 Å². The Morgan fingerprint density at radius 2 is 2.05 bits per heavy atom. The standard InChI is InChI=1S/C13H21N3O2S2/c1-9-4-10(2)6-16(5-9)12(17)8-20-13-15-14-11(18-13)7-19-3/h9-10H,4-8H2,1-3H3. The van der Waals surface area contributed by atoms with E-state index in [1.165, 1.54) is 18.2 Å². The minimum atomic E-state index is 0.165. The van der Waals surface area contributed by atoms with Gasteiger partial charge in [-0.25, -0.2) is 0 Å². The van der Waals surface area contributed by atoms with E-state index in [-0.39, 0.29) is 5.91 Å². The van der Waals surface area contributed by atoms with Crippen molar-refractivity contribution in [3.05, 3.63) is 5.89 Å². The molecular formula is C13H21N3O2S2. The highest BCUT2D eigenvalue weighted by molar-refractivity contribution is 7.99. The second-order valence-corrected chi connectivity index (χ2v) is 7.22. The molecule has 0 aliphatic carbocycles. The van der Waals surface area contributed by atoms with Crippen molar-refractivity contribution in [1.29, 1.82) is 0 Å². The zero-order valence-electron chi connectivity index (χ0n) is 12.2. The first-order valence-corrected chi connectivity index (χ1v) is 9.18. The number of hydrogen-bond donors (Lipinski definition) is 0. The van der Waals surface area contributed by atoms with Gasteiger partial charge in [-0.15, -0.1) is 10.2 Å². The van der Waals surface area contributed by atoms with Crippen molar-refractivity contribution in [3.63, 3.8) is 0 Å². The van der Waals surface area contributed by atoms with Crippen molar-refractivity contribution in [1.82, 2.24) is 15.1 Å². The summed E-state index contributed by atoms with van der Waals surface area (Å²) in [4.78, 5) is 14.2. The van der Waals surface area contributed by atoms with Gasteiger partial charge in [0.15, 0.2) is 0 Å². The number of carbonyl (C=O) groups excluding carboxylic acids is 1. The van der Waals surface area contributed by atoms with E-state index in [2.05, 4.69) is 24.0 Å². The molecule has 0 N–H and O–H groups in total. The highest BCUT2D eigenvalue weighted by Gasteiger charge is 2.25. The Bertz CT molecular complexity index is 443. The fourth-order valence-corrected chi connectivity index (χ4v) is 3.61. The van der Waals surface area contributed by atoms with Crippen molar-refractivity contribution < 1.29 is 9.21 Å². The largest absolute Gasteiger partial charge is 0.415 e. The summed E-state index contributed by atoms with van der Waals surface area (Å²) in [6.45, 7) is 6.14. The molecule has 0 radical (unpaired) electrons. The average molecular weight is 315 g/mol. The van der Waals surface area contributed by atoms with Crippen LogP contribution < -0.4 is 0 Å². The van der Waals surface area contributed by atoms with Crippen molar-refractivity contribution in [3.8, 4) is 0 Å². The van der Waals surface area contributed by atoms with Crippen LogP contribution in [0.3, 0.4) is 0 Å². The van der Waals surface area contributed by atoms with Gasteiger partial charge in [-0.3, -0.25) is 4.79 Å². The maximum absolute atomic E-state index is 12.2. The van der Waals surface area contributed by atoms with E-state index >= 15 is 0 Å². The molecule has 1 aromatic heterocycles. The summed E-state index contributed by atoms with van der Waals surface area (Å²) in [6.07, 6.45) is 3.19. The van der Waals surface area contributed by atoms with Crippen LogP contribution in [0.5, 0.6) is 0 Å². The van der Waals surface area contributed by atoms with E-state index in [1.54, 1.807) is 11.8 Å². The van der Waals surface area contributed by atoms with Crippen LogP contribution in [0.1, 0.15) is 26.2 Å². The van der Waals surface area contributed by atoms with E-state index in [0.717, 1.165) is 13.1 Å². The number of hydrogen-bond acceptors (Lipinski definition) is 6. The number of likely N-dealkylation sites (tertiary alicyclic amines) is 1. The maximum atomic E-state index is 12.2. The zero-order chi connectivity index (χ0) is 14.5. The van der Waals surface area contributed by atoms with E-state index in [4.69, 9.17) is 4.42 Å². The molecule has 7 heteroatoms. The monoisotopic (exact) mass is 315 g/mol. The molecular weight excluding hydrogens is 294 g/mol. The molecule has 1 aliphatic rings. The summed E-state index contributed by atoms with van der Waals surface area (Å²) < 4.78 is 5.45. The third-order valence-corrected chi connectivity index (χ3v) is 4.60. The van der Waals surface area contributed by atoms with Crippen molar-refractivity contribution in [2.24, 2.45) is 11.8 Å². The fourth-order valence-electron chi connectivity index (χ4n) is 2.56. The van der Waals surface area contributed by atoms with Crippen LogP contribution in [0.2, 0.25) is 0 Å². The van der Waals surface area contributed by atoms with Crippen LogP contribution in [0.4, 0.5) is 0 Å². The molecule has 0 aromatic carbocycles. The second kappa shape index (κ2) is 7.36. The summed E-state index contributed by atoms with van der Waals surface area (Å²) in [6, 6.07) is 0. The summed E-state index contributed by atoms with van der Waals surface area (Å²) in [7, 11) is 0. The van der Waals surface area contributed by atoms with Gasteiger partial charge in [0, 0.05) is 13.1 Å². The molecule has 0 saturated carbocycles. The molecule has 1 amide bonds. The van der Waals surface area contributed by atoms with Crippen LogP contribution in [0, 0.1) is 11.8 Å². The van der Waals surface area contributed by atoms with E-state index in [0.29, 0.717) is 34.5 Å². The lowest BCUT2D eigenvalue weighted by molar-refractivity contribution is -0.130. The van der Waals surface area contributed by atoms with Crippen LogP contribution >= 0.6 is 23.5 Å². The van der Waals surface area contributed by atoms with Crippen molar-refractivity contribution in [2.75, 3.05) is 25.1 Å². The van der Waals surface area contributed by atoms with Gasteiger partial charge in [0.05, 0.1) is 11.5 Å². The van der Waals surface area contributed by atoms with Crippen LogP contribution in [0.25, 0.3) is 0 Å². The number of nitrogens with zero attached hydrogens (tertiary/aromatic N) is 3. The van der Waals surface area contributed by atoms with Gasteiger partial charge in [0.1, 0.15) is 0 Å². The topological polar surface area (TPSA) is 59.2 Å². The van der Waals surface area contributed by atoms with Gasteiger partial charge >= 0.3 is 0 Å². The lowest BCUT2D eigenvalue weighted by Gasteiger charge is -2.34. The molecule has 2 rings (SSSR count). The fraction of sp³-hybridized carbons (Fsp3) is 0.769. The Morgan fingerprint density at radius 3 is 2.70 bits per heavy atom. The Morgan fingerprint density at radius 1 is 1.35 bits per heavy atom. The number of amides is 1. The molecule has 1 fully saturated rings. The molecule has 0 spiro atoms. The first-order chi connectivity index (χ1) is 9.58. The molecule has 0 bridgehead atoms. The van der Waals surface area contributed by atoms with Gasteiger partial charge in [-0.1, -0.05) is 25.6 Å². The second-order valence-electron chi connectivity index (χ2n) is 5.43. The molecule has 5 nitrogen and oxygen atoms in total. The van der Waals surface area contributed by atoms with E-state index in [1.807, 2.05) is 11.2 Å². The van der Waals surface area contributed by atoms with Crippen LogP contribution in [0.15, 0.2) is 9.64 Å². The Labute approximate surface area is 128 Å². The van der Waals surface area contributed by atoms with Gasteiger partial charge in [-0.2, -0.15) is 11.8 Å². The Hall–Kier alpha value is -0.690. The molecule has 2 heterocycles. The molecule has 1 aromatic rings. The molecule has 112 valence electrons. The number of thioether (sulfide) groups is 2. The lowest BCUT2D eigenvalue weighted by Crippen LogP contribution is -2.43. The van der Waals surface area contributed by atoms with Gasteiger partial charge in [0.25, 0.3) is 5.22 Å². The maximum Gasteiger partial charge on any atom is 0.277 e. The Balaban J connectivity index is 1.81. The summed E-state index contributed by atoms with van der Waals surface area (Å²) in [5, 5.41) is 8.37. The zero-order valence-corrected chi connectivity index (χ0v) is 13.8. The predicted molar refractivity (Wildman–Crippen MR) is 81.8 cm³/mol.